The van der Waals surface area contributed by atoms with E-state index in [0.717, 1.165) is 0 Å². The zero-order chi connectivity index (χ0) is 21.7. The Bertz CT molecular complexity index is 1050. The fourth-order valence-electron chi connectivity index (χ4n) is 2.74. The number of nitrogens with one attached hydrogen (secondary N) is 1. The van der Waals surface area contributed by atoms with Crippen LogP contribution in [0.3, 0.4) is 0 Å². The Labute approximate surface area is 172 Å². The molecular weight excluding hydrogens is 389 g/mol. The number of anilines is 1. The number of carbonyl (C=O) groups excluding carboxylic acids is 3. The van der Waals surface area contributed by atoms with Crippen molar-refractivity contribution in [3.8, 4) is 11.3 Å². The van der Waals surface area contributed by atoms with Crippen LogP contribution in [0.1, 0.15) is 41.2 Å². The van der Waals surface area contributed by atoms with Crippen LogP contribution in [0.25, 0.3) is 11.3 Å². The maximum atomic E-state index is 13.0. The van der Waals surface area contributed by atoms with E-state index in [1.54, 1.807) is 37.3 Å². The molecule has 6 nitrogen and oxygen atoms in total. The van der Waals surface area contributed by atoms with E-state index >= 15 is 0 Å². The summed E-state index contributed by atoms with van der Waals surface area (Å²) >= 11 is 0. The normalized spacial score (nSPS) is 11.6. The highest BCUT2D eigenvalue weighted by molar-refractivity contribution is 5.97. The van der Waals surface area contributed by atoms with Gasteiger partial charge in [0.2, 0.25) is 5.76 Å². The number of furan rings is 1. The van der Waals surface area contributed by atoms with Crippen molar-refractivity contribution in [3.63, 3.8) is 0 Å². The summed E-state index contributed by atoms with van der Waals surface area (Å²) in [6.07, 6.45) is -0.787. The molecule has 1 aromatic heterocycles. The van der Waals surface area contributed by atoms with Crippen LogP contribution >= 0.6 is 0 Å². The highest BCUT2D eigenvalue weighted by Gasteiger charge is 2.24. The summed E-state index contributed by atoms with van der Waals surface area (Å²) in [5.74, 6) is -1.38. The van der Waals surface area contributed by atoms with Crippen LogP contribution in [0.2, 0.25) is 0 Å². The Morgan fingerprint density at radius 2 is 1.67 bits per heavy atom. The van der Waals surface area contributed by atoms with Crippen LogP contribution in [0.15, 0.2) is 65.1 Å². The molecule has 3 rings (SSSR count). The molecule has 0 saturated carbocycles. The van der Waals surface area contributed by atoms with E-state index in [2.05, 4.69) is 5.32 Å². The third-order valence-electron chi connectivity index (χ3n) is 4.41. The van der Waals surface area contributed by atoms with Crippen molar-refractivity contribution in [2.24, 2.45) is 0 Å². The van der Waals surface area contributed by atoms with E-state index in [1.807, 2.05) is 0 Å². The average Bonchev–Trinajstić information content (AvgIpc) is 3.24. The second-order valence-electron chi connectivity index (χ2n) is 6.60. The number of esters is 1. The van der Waals surface area contributed by atoms with E-state index in [1.165, 1.54) is 37.3 Å². The van der Waals surface area contributed by atoms with Crippen molar-refractivity contribution < 1.29 is 27.9 Å². The zero-order valence-corrected chi connectivity index (χ0v) is 16.5. The molecule has 1 unspecified atom stereocenters. The smallest absolute Gasteiger partial charge is 0.375 e. The molecule has 1 N–H and O–H groups in total. The van der Waals surface area contributed by atoms with E-state index in [-0.39, 0.29) is 18.0 Å². The molecule has 0 aliphatic heterocycles. The quantitative estimate of drug-likeness (QED) is 0.445. The number of rotatable bonds is 7. The summed E-state index contributed by atoms with van der Waals surface area (Å²) in [6, 6.07) is 15.1. The number of Topliss-reactive ketones (excluding diaryl/α,β-unsaturated/α-hetero) is 1. The summed E-state index contributed by atoms with van der Waals surface area (Å²) in [5, 5.41) is 2.58. The molecule has 3 aromatic rings. The molecule has 0 aliphatic carbocycles. The maximum Gasteiger partial charge on any atom is 0.375 e. The van der Waals surface area contributed by atoms with Gasteiger partial charge < -0.3 is 14.5 Å². The first-order valence-corrected chi connectivity index (χ1v) is 9.36. The predicted octanol–water partition coefficient (Wildman–Crippen LogP) is 4.86. The molecule has 0 radical (unpaired) electrons. The Hall–Kier alpha value is -3.74. The molecule has 1 heterocycles. The molecule has 30 heavy (non-hydrogen) atoms. The molecule has 0 fully saturated rings. The molecule has 7 heteroatoms. The van der Waals surface area contributed by atoms with E-state index in [4.69, 9.17) is 9.15 Å². The molecular formula is C23H20FNO5. The van der Waals surface area contributed by atoms with Gasteiger partial charge in [0.25, 0.3) is 5.91 Å². The highest BCUT2D eigenvalue weighted by Crippen LogP contribution is 2.23. The van der Waals surface area contributed by atoms with Gasteiger partial charge in [-0.3, -0.25) is 9.59 Å². The number of amides is 1. The van der Waals surface area contributed by atoms with Crippen LogP contribution in [0.5, 0.6) is 0 Å². The number of hydrogen-bond acceptors (Lipinski definition) is 5. The SMILES string of the molecule is CCC(OC(=O)c1ccc(-c2ccc(C(C)=O)cc2)o1)C(=O)Nc1ccc(F)cc1. The first-order chi connectivity index (χ1) is 14.4. The van der Waals surface area contributed by atoms with Crippen LogP contribution in [-0.4, -0.2) is 23.8 Å². The fourth-order valence-corrected chi connectivity index (χ4v) is 2.74. The van der Waals surface area contributed by atoms with E-state index in [9.17, 15) is 18.8 Å². The summed E-state index contributed by atoms with van der Waals surface area (Å²) < 4.78 is 23.8. The second kappa shape index (κ2) is 9.17. The second-order valence-corrected chi connectivity index (χ2v) is 6.60. The van der Waals surface area contributed by atoms with Crippen molar-refractivity contribution in [1.82, 2.24) is 0 Å². The molecule has 0 aliphatic rings. The van der Waals surface area contributed by atoms with Gasteiger partial charge in [-0.05, 0) is 49.7 Å². The molecule has 0 spiro atoms. The Morgan fingerprint density at radius 1 is 1.00 bits per heavy atom. The summed E-state index contributed by atoms with van der Waals surface area (Å²) in [7, 11) is 0. The fraction of sp³-hybridized carbons (Fsp3) is 0.174. The number of benzene rings is 2. The van der Waals surface area contributed by atoms with E-state index < -0.39 is 23.8 Å². The lowest BCUT2D eigenvalue weighted by Crippen LogP contribution is -2.32. The molecule has 1 amide bonds. The van der Waals surface area contributed by atoms with Gasteiger partial charge in [0.1, 0.15) is 11.6 Å². The van der Waals surface area contributed by atoms with Crippen molar-refractivity contribution >= 4 is 23.3 Å². The molecule has 1 atom stereocenters. The predicted molar refractivity (Wildman–Crippen MR) is 109 cm³/mol. The molecule has 2 aromatic carbocycles. The maximum absolute atomic E-state index is 13.0. The first kappa shape index (κ1) is 21.0. The Balaban J connectivity index is 1.66. The van der Waals surface area contributed by atoms with Crippen molar-refractivity contribution in [2.75, 3.05) is 5.32 Å². The number of carbonyl (C=O) groups is 3. The van der Waals surface area contributed by atoms with Crippen LogP contribution in [0, 0.1) is 5.82 Å². The molecule has 0 saturated heterocycles. The highest BCUT2D eigenvalue weighted by atomic mass is 19.1. The van der Waals surface area contributed by atoms with Gasteiger partial charge in [-0.15, -0.1) is 0 Å². The average molecular weight is 409 g/mol. The van der Waals surface area contributed by atoms with Gasteiger partial charge >= 0.3 is 5.97 Å². The number of ether oxygens (including phenoxy) is 1. The lowest BCUT2D eigenvalue weighted by molar-refractivity contribution is -0.124. The number of ketones is 1. The summed E-state index contributed by atoms with van der Waals surface area (Å²) in [4.78, 5) is 36.2. The van der Waals surface area contributed by atoms with Crippen LogP contribution < -0.4 is 5.32 Å². The van der Waals surface area contributed by atoms with Crippen LogP contribution in [0.4, 0.5) is 10.1 Å². The monoisotopic (exact) mass is 409 g/mol. The lowest BCUT2D eigenvalue weighted by Gasteiger charge is -2.15. The summed E-state index contributed by atoms with van der Waals surface area (Å²) in [6.45, 7) is 3.18. The van der Waals surface area contributed by atoms with Crippen molar-refractivity contribution in [1.29, 1.82) is 0 Å². The van der Waals surface area contributed by atoms with Gasteiger partial charge in [-0.1, -0.05) is 31.2 Å². The van der Waals surface area contributed by atoms with Crippen molar-refractivity contribution in [2.45, 2.75) is 26.4 Å². The first-order valence-electron chi connectivity index (χ1n) is 9.36. The largest absolute Gasteiger partial charge is 0.449 e. The standard InChI is InChI=1S/C23H20FNO5/c1-3-19(22(27)25-18-10-8-17(24)9-11-18)30-23(28)21-13-12-20(29-21)16-6-4-15(5-7-16)14(2)26/h4-13,19H,3H2,1-2H3,(H,25,27). The van der Waals surface area contributed by atoms with Gasteiger partial charge in [-0.2, -0.15) is 0 Å². The van der Waals surface area contributed by atoms with Crippen LogP contribution in [-0.2, 0) is 9.53 Å². The third-order valence-corrected chi connectivity index (χ3v) is 4.41. The number of halogens is 1. The Kier molecular flexibility index (Phi) is 6.41. The van der Waals surface area contributed by atoms with Gasteiger partial charge in [0.05, 0.1) is 0 Å². The minimum Gasteiger partial charge on any atom is -0.449 e. The van der Waals surface area contributed by atoms with Gasteiger partial charge in [0.15, 0.2) is 11.9 Å². The van der Waals surface area contributed by atoms with Gasteiger partial charge in [0, 0.05) is 16.8 Å². The third kappa shape index (κ3) is 5.00. The van der Waals surface area contributed by atoms with Crippen molar-refractivity contribution in [3.05, 3.63) is 77.8 Å². The lowest BCUT2D eigenvalue weighted by atomic mass is 10.1. The molecule has 154 valence electrons. The minimum absolute atomic E-state index is 0.0465. The minimum atomic E-state index is -1.04. The van der Waals surface area contributed by atoms with Gasteiger partial charge in [-0.25, -0.2) is 9.18 Å². The Morgan fingerprint density at radius 3 is 2.27 bits per heavy atom. The number of hydrogen-bond donors (Lipinski definition) is 1. The topological polar surface area (TPSA) is 85.6 Å². The molecule has 0 bridgehead atoms. The zero-order valence-electron chi connectivity index (χ0n) is 16.5. The summed E-state index contributed by atoms with van der Waals surface area (Å²) in [5.41, 5.74) is 1.66. The van der Waals surface area contributed by atoms with E-state index in [0.29, 0.717) is 22.6 Å².